The second-order valence-electron chi connectivity index (χ2n) is 4.06. The monoisotopic (exact) mass is 389 g/mol. The van der Waals surface area contributed by atoms with Crippen LogP contribution >= 0.6 is 0 Å². The molecule has 0 rings (SSSR count). The second-order valence-corrected chi connectivity index (χ2v) is 4.06. The Bertz CT molecular complexity index is 506. The molecule has 0 aliphatic carbocycles. The molecule has 0 fully saturated rings. The standard InChI is InChI=1S/C9H4F13NO/c1-2-3(24)23-9(21,22)7(16,17)5(12,13)4(10,11)6(14,15)8(18,19)20/h2H,1H2,(H,23,24). The number of carbonyl (C=O) groups is 1. The molecule has 0 atom stereocenters. The maximum absolute atomic E-state index is 13.0. The third-order valence-electron chi connectivity index (χ3n) is 2.40. The minimum absolute atomic E-state index is 0.218. The Morgan fingerprint density at radius 3 is 1.29 bits per heavy atom. The van der Waals surface area contributed by atoms with Gasteiger partial charge in [-0.15, -0.1) is 0 Å². The van der Waals surface area contributed by atoms with Gasteiger partial charge in [0, 0.05) is 0 Å². The minimum Gasteiger partial charge on any atom is -0.288 e. The highest BCUT2D eigenvalue weighted by atomic mass is 19.4. The molecule has 0 aliphatic rings. The van der Waals surface area contributed by atoms with Crippen molar-refractivity contribution in [1.29, 1.82) is 0 Å². The zero-order chi connectivity index (χ0) is 20.0. The number of hydrogen-bond acceptors (Lipinski definition) is 1. The predicted molar refractivity (Wildman–Crippen MR) is 49.1 cm³/mol. The molecule has 0 aromatic rings. The fourth-order valence-corrected chi connectivity index (χ4v) is 1.05. The number of nitrogens with one attached hydrogen (secondary N) is 1. The Morgan fingerprint density at radius 1 is 0.667 bits per heavy atom. The van der Waals surface area contributed by atoms with Crippen LogP contribution in [0.15, 0.2) is 12.7 Å². The lowest BCUT2D eigenvalue weighted by molar-refractivity contribution is -0.441. The molecule has 0 aromatic heterocycles. The van der Waals surface area contributed by atoms with Crippen molar-refractivity contribution < 1.29 is 61.9 Å². The van der Waals surface area contributed by atoms with Gasteiger partial charge in [-0.25, -0.2) is 0 Å². The summed E-state index contributed by atoms with van der Waals surface area (Å²) in [5.74, 6) is -33.6. The lowest BCUT2D eigenvalue weighted by Gasteiger charge is -2.39. The fourth-order valence-electron chi connectivity index (χ4n) is 1.05. The Hall–Kier alpha value is -1.70. The van der Waals surface area contributed by atoms with Crippen molar-refractivity contribution in [1.82, 2.24) is 5.32 Å². The molecule has 0 saturated carbocycles. The van der Waals surface area contributed by atoms with Crippen molar-refractivity contribution in [3.63, 3.8) is 0 Å². The summed E-state index contributed by atoms with van der Waals surface area (Å²) in [5.41, 5.74) is 0. The van der Waals surface area contributed by atoms with Crippen LogP contribution in [0.3, 0.4) is 0 Å². The van der Waals surface area contributed by atoms with Crippen LogP contribution in [-0.2, 0) is 4.79 Å². The van der Waals surface area contributed by atoms with Crippen LogP contribution in [0, 0.1) is 0 Å². The summed E-state index contributed by atoms with van der Waals surface area (Å²) in [4.78, 5) is 10.4. The molecule has 142 valence electrons. The summed E-state index contributed by atoms with van der Waals surface area (Å²) in [6.07, 6.45) is -7.69. The number of rotatable bonds is 6. The van der Waals surface area contributed by atoms with Crippen molar-refractivity contribution in [3.8, 4) is 0 Å². The number of halogens is 13. The number of alkyl halides is 13. The van der Waals surface area contributed by atoms with Gasteiger partial charge in [-0.05, 0) is 6.08 Å². The summed E-state index contributed by atoms with van der Waals surface area (Å²) in [6.45, 7) is 2.41. The number of amides is 1. The van der Waals surface area contributed by atoms with Gasteiger partial charge in [0.05, 0.1) is 0 Å². The summed E-state index contributed by atoms with van der Waals surface area (Å²) < 4.78 is 163. The highest BCUT2D eigenvalue weighted by Crippen LogP contribution is 2.59. The van der Waals surface area contributed by atoms with E-state index in [1.807, 2.05) is 0 Å². The van der Waals surface area contributed by atoms with Gasteiger partial charge >= 0.3 is 35.9 Å². The Kier molecular flexibility index (Phi) is 5.28. The molecule has 0 bridgehead atoms. The molecule has 15 heteroatoms. The highest BCUT2D eigenvalue weighted by molar-refractivity contribution is 5.87. The molecule has 0 spiro atoms. The fraction of sp³-hybridized carbons (Fsp3) is 0.667. The zero-order valence-electron chi connectivity index (χ0n) is 10.6. The van der Waals surface area contributed by atoms with E-state index >= 15 is 0 Å². The van der Waals surface area contributed by atoms with E-state index in [0.29, 0.717) is 0 Å². The molecule has 0 aromatic carbocycles. The quantitative estimate of drug-likeness (QED) is 0.416. The predicted octanol–water partition coefficient (Wildman–Crippen LogP) is 3.98. The summed E-state index contributed by atoms with van der Waals surface area (Å²) in [6, 6.07) is -6.63. The van der Waals surface area contributed by atoms with E-state index in [4.69, 9.17) is 0 Å². The van der Waals surface area contributed by atoms with Crippen LogP contribution in [0.5, 0.6) is 0 Å². The van der Waals surface area contributed by atoms with E-state index in [-0.39, 0.29) is 11.4 Å². The lowest BCUT2D eigenvalue weighted by atomic mass is 9.96. The SMILES string of the molecule is C=CC(=O)NC(F)(F)C(F)(F)C(F)(F)C(F)(F)C(F)(F)C(F)(F)F. The van der Waals surface area contributed by atoms with Crippen molar-refractivity contribution in [3.05, 3.63) is 12.7 Å². The van der Waals surface area contributed by atoms with Gasteiger partial charge in [-0.3, -0.25) is 10.1 Å². The van der Waals surface area contributed by atoms with Gasteiger partial charge in [0.1, 0.15) is 0 Å². The van der Waals surface area contributed by atoms with Gasteiger partial charge in [0.15, 0.2) is 0 Å². The minimum atomic E-state index is -8.00. The van der Waals surface area contributed by atoms with Crippen LogP contribution in [0.1, 0.15) is 0 Å². The number of hydrogen-bond donors (Lipinski definition) is 1. The van der Waals surface area contributed by atoms with Crippen LogP contribution in [0.25, 0.3) is 0 Å². The third-order valence-corrected chi connectivity index (χ3v) is 2.40. The summed E-state index contributed by atoms with van der Waals surface area (Å²) in [7, 11) is 0. The van der Waals surface area contributed by atoms with Gasteiger partial charge in [0.2, 0.25) is 5.91 Å². The van der Waals surface area contributed by atoms with E-state index in [2.05, 4.69) is 6.58 Å². The molecular weight excluding hydrogens is 385 g/mol. The molecule has 1 N–H and O–H groups in total. The molecule has 0 radical (unpaired) electrons. The lowest BCUT2D eigenvalue weighted by Crippen LogP contribution is -2.72. The normalized spacial score (nSPS) is 15.2. The maximum atomic E-state index is 13.0. The van der Waals surface area contributed by atoms with Crippen molar-refractivity contribution in [2.45, 2.75) is 35.9 Å². The smallest absolute Gasteiger partial charge is 0.288 e. The molecule has 24 heavy (non-hydrogen) atoms. The van der Waals surface area contributed by atoms with Gasteiger partial charge in [-0.1, -0.05) is 6.58 Å². The molecule has 0 aliphatic heterocycles. The number of carbonyl (C=O) groups excluding carboxylic acids is 1. The summed E-state index contributed by atoms with van der Waals surface area (Å²) in [5, 5.41) is -0.265. The molecule has 0 heterocycles. The van der Waals surface area contributed by atoms with E-state index in [1.54, 1.807) is 0 Å². The van der Waals surface area contributed by atoms with Crippen molar-refractivity contribution in [2.75, 3.05) is 0 Å². The average molecular weight is 389 g/mol. The Balaban J connectivity index is 6.20. The first-order valence-electron chi connectivity index (χ1n) is 5.11. The summed E-state index contributed by atoms with van der Waals surface area (Å²) >= 11 is 0. The van der Waals surface area contributed by atoms with Gasteiger partial charge in [0.25, 0.3) is 0 Å². The first-order valence-corrected chi connectivity index (χ1v) is 5.11. The molecular formula is C9H4F13NO. The van der Waals surface area contributed by atoms with Crippen LogP contribution in [-0.4, -0.2) is 41.8 Å². The molecule has 2 nitrogen and oxygen atoms in total. The third kappa shape index (κ3) is 2.99. The Morgan fingerprint density at radius 2 is 1.00 bits per heavy atom. The van der Waals surface area contributed by atoms with E-state index in [1.165, 1.54) is 0 Å². The first kappa shape index (κ1) is 22.3. The average Bonchev–Trinajstić information content (AvgIpc) is 2.35. The molecule has 0 unspecified atom stereocenters. The van der Waals surface area contributed by atoms with Crippen molar-refractivity contribution in [2.24, 2.45) is 0 Å². The van der Waals surface area contributed by atoms with E-state index in [9.17, 15) is 61.9 Å². The zero-order valence-corrected chi connectivity index (χ0v) is 10.6. The maximum Gasteiger partial charge on any atom is 0.460 e. The molecule has 0 saturated heterocycles. The topological polar surface area (TPSA) is 29.1 Å². The Labute approximate surface area is 123 Å². The molecule has 1 amide bonds. The van der Waals surface area contributed by atoms with Crippen LogP contribution in [0.4, 0.5) is 57.1 Å². The van der Waals surface area contributed by atoms with Crippen LogP contribution < -0.4 is 5.32 Å². The van der Waals surface area contributed by atoms with Crippen LogP contribution in [0.2, 0.25) is 0 Å². The van der Waals surface area contributed by atoms with E-state index < -0.39 is 41.8 Å². The van der Waals surface area contributed by atoms with Gasteiger partial charge in [-0.2, -0.15) is 57.1 Å². The van der Waals surface area contributed by atoms with E-state index in [0.717, 1.165) is 0 Å². The first-order chi connectivity index (χ1) is 10.2. The van der Waals surface area contributed by atoms with Crippen molar-refractivity contribution >= 4 is 5.91 Å². The van der Waals surface area contributed by atoms with Gasteiger partial charge < -0.3 is 0 Å². The largest absolute Gasteiger partial charge is 0.460 e. The highest BCUT2D eigenvalue weighted by Gasteiger charge is 2.91. The second kappa shape index (κ2) is 5.68.